The number of benzene rings is 1. The van der Waals surface area contributed by atoms with Crippen LogP contribution in [0.4, 0.5) is 13.2 Å². The van der Waals surface area contributed by atoms with E-state index >= 15 is 0 Å². The van der Waals surface area contributed by atoms with E-state index < -0.39 is 23.1 Å². The molecule has 134 valence electrons. The predicted octanol–water partition coefficient (Wildman–Crippen LogP) is 5.30. The fourth-order valence-corrected chi connectivity index (χ4v) is 5.90. The van der Waals surface area contributed by atoms with Crippen LogP contribution in [-0.2, 0) is 4.79 Å². The van der Waals surface area contributed by atoms with Crippen molar-refractivity contribution in [3.05, 3.63) is 41.5 Å². The third-order valence-corrected chi connectivity index (χ3v) is 6.34. The highest BCUT2D eigenvalue weighted by Crippen LogP contribution is 2.64. The monoisotopic (exact) mass is 350 g/mol. The van der Waals surface area contributed by atoms with Crippen LogP contribution in [0.25, 0.3) is 5.76 Å². The quantitative estimate of drug-likeness (QED) is 0.593. The van der Waals surface area contributed by atoms with E-state index in [2.05, 4.69) is 0 Å². The van der Waals surface area contributed by atoms with E-state index in [9.17, 15) is 23.1 Å². The topological polar surface area (TPSA) is 37.3 Å². The van der Waals surface area contributed by atoms with Crippen LogP contribution in [0.1, 0.15) is 44.1 Å². The Labute approximate surface area is 144 Å². The van der Waals surface area contributed by atoms with Gasteiger partial charge in [0.25, 0.3) is 5.78 Å². The van der Waals surface area contributed by atoms with Gasteiger partial charge in [-0.05, 0) is 56.3 Å². The fraction of sp³-hybridized carbons (Fsp3) is 0.550. The van der Waals surface area contributed by atoms with Crippen molar-refractivity contribution < 1.29 is 23.1 Å². The number of Topliss-reactive ketones (excluding diaryl/α,β-unsaturated/α-hetero) is 1. The number of hydrogen-bond acceptors (Lipinski definition) is 2. The summed E-state index contributed by atoms with van der Waals surface area (Å²) in [5, 5.41) is 10.7. The number of rotatable bonds is 3. The molecule has 0 amide bonds. The highest BCUT2D eigenvalue weighted by molar-refractivity contribution is 6.06. The summed E-state index contributed by atoms with van der Waals surface area (Å²) in [6.07, 6.45) is -0.0366. The van der Waals surface area contributed by atoms with Crippen LogP contribution in [0, 0.1) is 23.2 Å². The second kappa shape index (κ2) is 5.61. The summed E-state index contributed by atoms with van der Waals surface area (Å²) in [4.78, 5) is 12.4. The lowest BCUT2D eigenvalue weighted by Crippen LogP contribution is -2.49. The van der Waals surface area contributed by atoms with E-state index in [1.165, 1.54) is 0 Å². The molecule has 1 aromatic rings. The summed E-state index contributed by atoms with van der Waals surface area (Å²) < 4.78 is 40.1. The minimum atomic E-state index is -4.97. The van der Waals surface area contributed by atoms with Crippen molar-refractivity contribution >= 4 is 11.5 Å². The molecule has 25 heavy (non-hydrogen) atoms. The molecular weight excluding hydrogens is 329 g/mol. The number of ketones is 1. The minimum Gasteiger partial charge on any atom is -0.507 e. The first-order chi connectivity index (χ1) is 11.8. The zero-order valence-corrected chi connectivity index (χ0v) is 13.9. The average molecular weight is 350 g/mol. The number of aliphatic hydroxyl groups excluding tert-OH is 1. The van der Waals surface area contributed by atoms with Gasteiger partial charge in [0.1, 0.15) is 5.76 Å². The van der Waals surface area contributed by atoms with Crippen molar-refractivity contribution in [2.45, 2.75) is 44.7 Å². The molecular formula is C20H21F3O2. The zero-order chi connectivity index (χ0) is 17.8. The summed E-state index contributed by atoms with van der Waals surface area (Å²) in [6.45, 7) is 0. The maximum atomic E-state index is 13.4. The summed E-state index contributed by atoms with van der Waals surface area (Å²) in [6, 6.07) is 8.15. The molecule has 0 spiro atoms. The Hall–Kier alpha value is -1.78. The Bertz CT molecular complexity index is 683. The molecule has 4 aliphatic rings. The highest BCUT2D eigenvalue weighted by Gasteiger charge is 2.58. The lowest BCUT2D eigenvalue weighted by atomic mass is 9.47. The molecule has 0 radical (unpaired) electrons. The number of halogens is 3. The normalized spacial score (nSPS) is 34.8. The van der Waals surface area contributed by atoms with Crippen LogP contribution in [0.15, 0.2) is 35.9 Å². The molecule has 0 heterocycles. The van der Waals surface area contributed by atoms with Crippen molar-refractivity contribution in [1.29, 1.82) is 0 Å². The van der Waals surface area contributed by atoms with E-state index in [1.54, 1.807) is 30.3 Å². The Morgan fingerprint density at radius 2 is 1.44 bits per heavy atom. The molecule has 2 nitrogen and oxygen atoms in total. The lowest BCUT2D eigenvalue weighted by molar-refractivity contribution is -0.169. The van der Waals surface area contributed by atoms with Crippen molar-refractivity contribution in [3.8, 4) is 0 Å². The lowest BCUT2D eigenvalue weighted by Gasteiger charge is -2.57. The summed E-state index contributed by atoms with van der Waals surface area (Å²) >= 11 is 0. The number of hydrogen-bond donors (Lipinski definition) is 1. The van der Waals surface area contributed by atoms with Crippen LogP contribution in [-0.4, -0.2) is 17.1 Å². The third kappa shape index (κ3) is 2.77. The maximum Gasteiger partial charge on any atom is 0.454 e. The predicted molar refractivity (Wildman–Crippen MR) is 87.7 cm³/mol. The standard InChI is InChI=1S/C20H21F3O2/c21-20(22,23)18(25)16(17(24)15-4-2-1-3-5-15)19-9-12-6-13(10-19)8-14(7-12)11-19/h1-5,12-14,24H,6-11H2. The van der Waals surface area contributed by atoms with E-state index in [4.69, 9.17) is 0 Å². The Kier molecular flexibility index (Phi) is 3.74. The van der Waals surface area contributed by atoms with Gasteiger partial charge in [-0.3, -0.25) is 4.79 Å². The molecule has 4 saturated carbocycles. The van der Waals surface area contributed by atoms with Crippen LogP contribution in [0.3, 0.4) is 0 Å². The number of alkyl halides is 3. The highest BCUT2D eigenvalue weighted by atomic mass is 19.4. The molecule has 4 bridgehead atoms. The molecule has 0 saturated heterocycles. The second-order valence-electron chi connectivity index (χ2n) is 8.11. The van der Waals surface area contributed by atoms with Crippen LogP contribution in [0.5, 0.6) is 0 Å². The molecule has 5 rings (SSSR count). The van der Waals surface area contributed by atoms with Crippen molar-refractivity contribution in [3.63, 3.8) is 0 Å². The van der Waals surface area contributed by atoms with Gasteiger partial charge in [-0.1, -0.05) is 30.3 Å². The van der Waals surface area contributed by atoms with Crippen LogP contribution in [0.2, 0.25) is 0 Å². The van der Waals surface area contributed by atoms with Gasteiger partial charge in [-0.15, -0.1) is 0 Å². The summed E-state index contributed by atoms with van der Waals surface area (Å²) in [5.41, 5.74) is -0.919. The Morgan fingerprint density at radius 3 is 1.88 bits per heavy atom. The van der Waals surface area contributed by atoms with Gasteiger partial charge < -0.3 is 5.11 Å². The van der Waals surface area contributed by atoms with E-state index in [-0.39, 0.29) is 11.1 Å². The van der Waals surface area contributed by atoms with E-state index in [0.717, 1.165) is 19.3 Å². The zero-order valence-electron chi connectivity index (χ0n) is 13.9. The van der Waals surface area contributed by atoms with Gasteiger partial charge in [0.05, 0.1) is 5.57 Å². The van der Waals surface area contributed by atoms with Gasteiger partial charge in [0.2, 0.25) is 0 Å². The molecule has 5 heteroatoms. The molecule has 0 aliphatic heterocycles. The van der Waals surface area contributed by atoms with Gasteiger partial charge in [0.15, 0.2) is 0 Å². The third-order valence-electron chi connectivity index (χ3n) is 6.34. The Balaban J connectivity index is 1.86. The maximum absolute atomic E-state index is 13.4. The molecule has 0 aromatic heterocycles. The van der Waals surface area contributed by atoms with Gasteiger partial charge >= 0.3 is 6.18 Å². The first-order valence-corrected chi connectivity index (χ1v) is 8.89. The van der Waals surface area contributed by atoms with Crippen molar-refractivity contribution in [2.24, 2.45) is 23.2 Å². The van der Waals surface area contributed by atoms with Crippen LogP contribution >= 0.6 is 0 Å². The van der Waals surface area contributed by atoms with E-state index in [1.807, 2.05) is 0 Å². The molecule has 1 aromatic carbocycles. The summed E-state index contributed by atoms with van der Waals surface area (Å²) in [7, 11) is 0. The van der Waals surface area contributed by atoms with Gasteiger partial charge in [0, 0.05) is 11.0 Å². The second-order valence-corrected chi connectivity index (χ2v) is 8.11. The fourth-order valence-electron chi connectivity index (χ4n) is 5.90. The molecule has 0 atom stereocenters. The van der Waals surface area contributed by atoms with Crippen molar-refractivity contribution in [2.75, 3.05) is 0 Å². The number of carbonyl (C=O) groups is 1. The minimum absolute atomic E-state index is 0.283. The van der Waals surface area contributed by atoms with E-state index in [0.29, 0.717) is 37.0 Å². The first-order valence-electron chi connectivity index (χ1n) is 8.89. The smallest absolute Gasteiger partial charge is 0.454 e. The first kappa shape index (κ1) is 16.7. The number of aliphatic hydroxyl groups is 1. The van der Waals surface area contributed by atoms with Crippen molar-refractivity contribution in [1.82, 2.24) is 0 Å². The largest absolute Gasteiger partial charge is 0.507 e. The van der Waals surface area contributed by atoms with Gasteiger partial charge in [-0.2, -0.15) is 13.2 Å². The number of allylic oxidation sites excluding steroid dienone is 1. The van der Waals surface area contributed by atoms with Crippen LogP contribution < -0.4 is 0 Å². The molecule has 0 unspecified atom stereocenters. The summed E-state index contributed by atoms with van der Waals surface area (Å²) in [5.74, 6) is -1.21. The Morgan fingerprint density at radius 1 is 0.960 bits per heavy atom. The average Bonchev–Trinajstić information content (AvgIpc) is 2.53. The molecule has 1 N–H and O–H groups in total. The number of carbonyl (C=O) groups excluding carboxylic acids is 1. The molecule has 4 fully saturated rings. The van der Waals surface area contributed by atoms with Gasteiger partial charge in [-0.25, -0.2) is 0 Å². The molecule has 4 aliphatic carbocycles. The SMILES string of the molecule is O=C(C(=C(O)c1ccccc1)C12CC3CC(CC(C3)C1)C2)C(F)(F)F.